The summed E-state index contributed by atoms with van der Waals surface area (Å²) in [5.74, 6) is 0.590. The quantitative estimate of drug-likeness (QED) is 0.448. The molecule has 3 rings (SSSR count). The van der Waals surface area contributed by atoms with Crippen LogP contribution in [0.5, 0.6) is 11.5 Å². The molecule has 0 bridgehead atoms. The zero-order valence-electron chi connectivity index (χ0n) is 21.6. The van der Waals surface area contributed by atoms with E-state index in [0.29, 0.717) is 42.3 Å². The predicted molar refractivity (Wildman–Crippen MR) is 129 cm³/mol. The predicted octanol–water partition coefficient (Wildman–Crippen LogP) is 4.73. The Labute approximate surface area is 217 Å². The van der Waals surface area contributed by atoms with Crippen molar-refractivity contribution in [3.05, 3.63) is 58.7 Å². The molecule has 2 aromatic rings. The van der Waals surface area contributed by atoms with Crippen molar-refractivity contribution >= 4 is 5.91 Å². The molecule has 0 radical (unpaired) electrons. The second-order valence-corrected chi connectivity index (χ2v) is 9.28. The number of likely N-dealkylation sites (N-methyl/N-ethyl adjacent to an activating group) is 2. The summed E-state index contributed by atoms with van der Waals surface area (Å²) in [6.07, 6.45) is -10.0. The molecule has 2 aromatic carbocycles. The summed E-state index contributed by atoms with van der Waals surface area (Å²) in [6.45, 7) is 2.57. The van der Waals surface area contributed by atoms with Gasteiger partial charge in [0.1, 0.15) is 6.04 Å². The largest absolute Gasteiger partial charge is 0.493 e. The van der Waals surface area contributed by atoms with E-state index < -0.39 is 29.5 Å². The summed E-state index contributed by atoms with van der Waals surface area (Å²) in [7, 11) is 6.43. The van der Waals surface area contributed by atoms with Crippen molar-refractivity contribution in [2.75, 3.05) is 61.0 Å². The van der Waals surface area contributed by atoms with E-state index in [1.807, 2.05) is 11.9 Å². The minimum absolute atomic E-state index is 0.0744. The number of rotatable bonds is 8. The van der Waals surface area contributed by atoms with Crippen LogP contribution < -0.4 is 9.47 Å². The monoisotopic (exact) mass is 547 g/mol. The zero-order valence-corrected chi connectivity index (χ0v) is 21.6. The number of piperazine rings is 1. The van der Waals surface area contributed by atoms with Crippen molar-refractivity contribution in [2.45, 2.75) is 24.8 Å². The second kappa shape index (κ2) is 11.8. The molecule has 38 heavy (non-hydrogen) atoms. The van der Waals surface area contributed by atoms with Gasteiger partial charge in [-0.05, 0) is 54.9 Å². The van der Waals surface area contributed by atoms with Gasteiger partial charge in [0.05, 0.1) is 25.3 Å². The molecular formula is C26H31F6N3O3. The normalized spacial score (nSPS) is 16.3. The minimum Gasteiger partial charge on any atom is -0.493 e. The topological polar surface area (TPSA) is 45.2 Å². The first-order valence-corrected chi connectivity index (χ1v) is 11.9. The van der Waals surface area contributed by atoms with Crippen LogP contribution in [0.15, 0.2) is 36.4 Å². The SMILES string of the molecule is COc1ccc(C(C(=O)N(C)CCc2cc(C(F)(F)F)cc(C(F)(F)F)c2)N2CCN(C)CC2)cc1OC. The Balaban J connectivity index is 1.87. The molecule has 0 spiro atoms. The number of methoxy groups -OCH3 is 2. The summed E-state index contributed by atoms with van der Waals surface area (Å²) in [5, 5.41) is 0. The Morgan fingerprint density at radius 1 is 0.895 bits per heavy atom. The molecule has 1 aliphatic heterocycles. The van der Waals surface area contributed by atoms with E-state index in [2.05, 4.69) is 4.90 Å². The molecule has 1 amide bonds. The first-order valence-electron chi connectivity index (χ1n) is 11.9. The fourth-order valence-corrected chi connectivity index (χ4v) is 4.39. The molecule has 0 saturated carbocycles. The second-order valence-electron chi connectivity index (χ2n) is 9.28. The summed E-state index contributed by atoms with van der Waals surface area (Å²) >= 11 is 0. The number of alkyl halides is 6. The number of ether oxygens (including phenoxy) is 2. The Kier molecular flexibility index (Phi) is 9.19. The molecule has 1 fully saturated rings. The lowest BCUT2D eigenvalue weighted by molar-refractivity contribution is -0.143. The summed E-state index contributed by atoms with van der Waals surface area (Å²) < 4.78 is 90.2. The molecule has 6 nitrogen and oxygen atoms in total. The third kappa shape index (κ3) is 7.10. The maximum absolute atomic E-state index is 13.7. The number of carbonyl (C=O) groups is 1. The van der Waals surface area contributed by atoms with Crippen LogP contribution in [0.4, 0.5) is 26.3 Å². The number of hydrogen-bond acceptors (Lipinski definition) is 5. The molecule has 1 saturated heterocycles. The number of nitrogens with zero attached hydrogens (tertiary/aromatic N) is 3. The average molecular weight is 548 g/mol. The van der Waals surface area contributed by atoms with E-state index >= 15 is 0 Å². The molecule has 210 valence electrons. The van der Waals surface area contributed by atoms with E-state index in [9.17, 15) is 31.1 Å². The van der Waals surface area contributed by atoms with Gasteiger partial charge < -0.3 is 19.3 Å². The van der Waals surface area contributed by atoms with Gasteiger partial charge in [-0.3, -0.25) is 9.69 Å². The lowest BCUT2D eigenvalue weighted by atomic mass is 10.0. The van der Waals surface area contributed by atoms with E-state index in [1.165, 1.54) is 26.2 Å². The van der Waals surface area contributed by atoms with Gasteiger partial charge in [-0.1, -0.05) is 6.07 Å². The first kappa shape index (κ1) is 29.6. The van der Waals surface area contributed by atoms with E-state index in [-0.39, 0.29) is 30.5 Å². The highest BCUT2D eigenvalue weighted by Gasteiger charge is 2.37. The van der Waals surface area contributed by atoms with Crippen LogP contribution in [0.1, 0.15) is 28.3 Å². The highest BCUT2D eigenvalue weighted by molar-refractivity contribution is 5.83. The number of halogens is 6. The average Bonchev–Trinajstić information content (AvgIpc) is 2.87. The molecule has 12 heteroatoms. The molecule has 0 aliphatic carbocycles. The Morgan fingerprint density at radius 2 is 1.45 bits per heavy atom. The number of carbonyl (C=O) groups excluding carboxylic acids is 1. The fraction of sp³-hybridized carbons (Fsp3) is 0.500. The molecule has 1 atom stereocenters. The third-order valence-corrected chi connectivity index (χ3v) is 6.62. The van der Waals surface area contributed by atoms with Gasteiger partial charge in [-0.15, -0.1) is 0 Å². The van der Waals surface area contributed by atoms with Gasteiger partial charge in [-0.2, -0.15) is 26.3 Å². The van der Waals surface area contributed by atoms with Crippen LogP contribution in [-0.4, -0.2) is 81.6 Å². The summed E-state index contributed by atoms with van der Waals surface area (Å²) in [4.78, 5) is 19.2. The van der Waals surface area contributed by atoms with Crippen molar-refractivity contribution in [3.8, 4) is 11.5 Å². The fourth-order valence-electron chi connectivity index (χ4n) is 4.39. The van der Waals surface area contributed by atoms with Crippen LogP contribution in [0, 0.1) is 0 Å². The maximum Gasteiger partial charge on any atom is 0.416 e. The molecule has 1 aliphatic rings. The highest BCUT2D eigenvalue weighted by atomic mass is 19.4. The van der Waals surface area contributed by atoms with Crippen LogP contribution in [0.2, 0.25) is 0 Å². The lowest BCUT2D eigenvalue weighted by Crippen LogP contribution is -2.50. The summed E-state index contributed by atoms with van der Waals surface area (Å²) in [6, 6.07) is 5.90. The molecule has 1 heterocycles. The lowest BCUT2D eigenvalue weighted by Gasteiger charge is -2.39. The smallest absolute Gasteiger partial charge is 0.416 e. The van der Waals surface area contributed by atoms with E-state index in [1.54, 1.807) is 18.2 Å². The Morgan fingerprint density at radius 3 is 1.95 bits per heavy atom. The molecule has 0 N–H and O–H groups in total. The number of amides is 1. The number of hydrogen-bond donors (Lipinski definition) is 0. The van der Waals surface area contributed by atoms with Crippen LogP contribution in [0.3, 0.4) is 0 Å². The van der Waals surface area contributed by atoms with Crippen LogP contribution >= 0.6 is 0 Å². The number of benzene rings is 2. The van der Waals surface area contributed by atoms with Gasteiger partial charge >= 0.3 is 12.4 Å². The van der Waals surface area contributed by atoms with Gasteiger partial charge in [0.2, 0.25) is 5.91 Å². The standard InChI is InChI=1S/C26H31F6N3O3/c1-33-9-11-35(12-10-33)23(18-5-6-21(37-3)22(15-18)38-4)24(36)34(2)8-7-17-13-19(25(27,28)29)16-20(14-17)26(30,31)32/h5-6,13-16,23H,7-12H2,1-4H3. The van der Waals surface area contributed by atoms with Crippen LogP contribution in [0.25, 0.3) is 0 Å². The van der Waals surface area contributed by atoms with Gasteiger partial charge in [0, 0.05) is 39.8 Å². The van der Waals surface area contributed by atoms with Crippen molar-refractivity contribution in [1.82, 2.24) is 14.7 Å². The molecule has 1 unspecified atom stereocenters. The van der Waals surface area contributed by atoms with E-state index in [0.717, 1.165) is 13.1 Å². The third-order valence-electron chi connectivity index (χ3n) is 6.62. The van der Waals surface area contributed by atoms with Gasteiger partial charge in [0.15, 0.2) is 11.5 Å². The Hall–Kier alpha value is -2.99. The highest BCUT2D eigenvalue weighted by Crippen LogP contribution is 2.37. The zero-order chi connectivity index (χ0) is 28.3. The van der Waals surface area contributed by atoms with Crippen molar-refractivity contribution < 1.29 is 40.6 Å². The van der Waals surface area contributed by atoms with Gasteiger partial charge in [0.25, 0.3) is 0 Å². The summed E-state index contributed by atoms with van der Waals surface area (Å²) in [5.41, 5.74) is -2.27. The Bertz CT molecular complexity index is 1080. The first-order chi connectivity index (χ1) is 17.7. The van der Waals surface area contributed by atoms with E-state index in [4.69, 9.17) is 9.47 Å². The van der Waals surface area contributed by atoms with Crippen molar-refractivity contribution in [2.24, 2.45) is 0 Å². The van der Waals surface area contributed by atoms with Crippen LogP contribution in [-0.2, 0) is 23.6 Å². The maximum atomic E-state index is 13.7. The molecule has 0 aromatic heterocycles. The van der Waals surface area contributed by atoms with Gasteiger partial charge in [-0.25, -0.2) is 0 Å². The van der Waals surface area contributed by atoms with Crippen molar-refractivity contribution in [1.29, 1.82) is 0 Å². The minimum atomic E-state index is -4.93. The molecular weight excluding hydrogens is 516 g/mol. The van der Waals surface area contributed by atoms with Crippen molar-refractivity contribution in [3.63, 3.8) is 0 Å².